The molecule has 0 spiro atoms. The van der Waals surface area contributed by atoms with E-state index in [1.54, 1.807) is 12.1 Å². The van der Waals surface area contributed by atoms with Crippen LogP contribution in [0, 0.1) is 5.95 Å². The van der Waals surface area contributed by atoms with Crippen LogP contribution in [0.4, 0.5) is 4.39 Å². The first-order valence-electron chi connectivity index (χ1n) is 10.8. The maximum atomic E-state index is 14.6. The Morgan fingerprint density at radius 3 is 2.46 bits per heavy atom. The average molecular weight is 398 g/mol. The predicted molar refractivity (Wildman–Crippen MR) is 107 cm³/mol. The van der Waals surface area contributed by atoms with Crippen molar-refractivity contribution in [1.82, 2.24) is 4.98 Å². The first-order chi connectivity index (χ1) is 13.7. The van der Waals surface area contributed by atoms with E-state index in [9.17, 15) is 4.39 Å². The van der Waals surface area contributed by atoms with Gasteiger partial charge in [-0.3, -0.25) is 0 Å². The van der Waals surface area contributed by atoms with Gasteiger partial charge in [0.25, 0.3) is 0 Å². The lowest BCUT2D eigenvalue weighted by atomic mass is 10.1. The molecule has 0 aromatic carbocycles. The molecule has 1 aromatic heterocycles. The zero-order chi connectivity index (χ0) is 20.2. The van der Waals surface area contributed by atoms with Gasteiger partial charge < -0.3 is 18.9 Å². The summed E-state index contributed by atoms with van der Waals surface area (Å²) >= 11 is 0. The van der Waals surface area contributed by atoms with Gasteiger partial charge in [-0.2, -0.15) is 9.37 Å². The molecule has 0 aliphatic carbocycles. The fourth-order valence-electron chi connectivity index (χ4n) is 3.13. The van der Waals surface area contributed by atoms with E-state index in [1.165, 1.54) is 0 Å². The van der Waals surface area contributed by atoms with Crippen molar-refractivity contribution < 1.29 is 23.3 Å². The van der Waals surface area contributed by atoms with Gasteiger partial charge in [-0.15, -0.1) is 0 Å². The molecule has 1 fully saturated rings. The lowest BCUT2D eigenvalue weighted by Gasteiger charge is -2.19. The molecule has 0 bridgehead atoms. The van der Waals surface area contributed by atoms with Crippen LogP contribution in [0.2, 0.25) is 0 Å². The van der Waals surface area contributed by atoms with Gasteiger partial charge in [0.2, 0.25) is 11.8 Å². The van der Waals surface area contributed by atoms with Crippen molar-refractivity contribution in [2.45, 2.75) is 84.0 Å². The Morgan fingerprint density at radius 2 is 1.75 bits per heavy atom. The quantitative estimate of drug-likeness (QED) is 0.318. The van der Waals surface area contributed by atoms with E-state index in [-0.39, 0.29) is 18.3 Å². The SMILES string of the molecule is CCCCOC[C@H]1O[C@@H](c2ccc(OCCCC)nc2F)C[C@H]1OCCCC. The number of halogens is 1. The summed E-state index contributed by atoms with van der Waals surface area (Å²) < 4.78 is 38.0. The predicted octanol–water partition coefficient (Wildman–Crippen LogP) is 5.23. The van der Waals surface area contributed by atoms with Crippen LogP contribution in [0.15, 0.2) is 12.1 Å². The van der Waals surface area contributed by atoms with E-state index in [0.717, 1.165) is 38.5 Å². The van der Waals surface area contributed by atoms with Crippen LogP contribution in [0.3, 0.4) is 0 Å². The van der Waals surface area contributed by atoms with Gasteiger partial charge in [0.15, 0.2) is 0 Å². The Hall–Kier alpha value is -1.24. The minimum atomic E-state index is -0.529. The minimum Gasteiger partial charge on any atom is -0.478 e. The number of hydrogen-bond donors (Lipinski definition) is 0. The van der Waals surface area contributed by atoms with Crippen LogP contribution in [0.5, 0.6) is 5.88 Å². The van der Waals surface area contributed by atoms with Crippen molar-refractivity contribution in [3.05, 3.63) is 23.6 Å². The molecular weight excluding hydrogens is 361 g/mol. The topological polar surface area (TPSA) is 49.8 Å². The van der Waals surface area contributed by atoms with Gasteiger partial charge in [0, 0.05) is 31.3 Å². The largest absolute Gasteiger partial charge is 0.478 e. The number of aromatic nitrogens is 1. The molecule has 2 heterocycles. The summed E-state index contributed by atoms with van der Waals surface area (Å²) in [7, 11) is 0. The van der Waals surface area contributed by atoms with E-state index in [0.29, 0.717) is 44.3 Å². The van der Waals surface area contributed by atoms with E-state index < -0.39 is 5.95 Å². The molecule has 1 aromatic rings. The molecule has 5 nitrogen and oxygen atoms in total. The highest BCUT2D eigenvalue weighted by Gasteiger charge is 2.38. The highest BCUT2D eigenvalue weighted by molar-refractivity contribution is 5.22. The molecule has 1 saturated heterocycles. The fraction of sp³-hybridized carbons (Fsp3) is 0.773. The third-order valence-electron chi connectivity index (χ3n) is 4.90. The molecule has 0 radical (unpaired) electrons. The van der Waals surface area contributed by atoms with Crippen LogP contribution >= 0.6 is 0 Å². The highest BCUT2D eigenvalue weighted by Crippen LogP contribution is 2.36. The Balaban J connectivity index is 1.97. The van der Waals surface area contributed by atoms with E-state index in [4.69, 9.17) is 18.9 Å². The van der Waals surface area contributed by atoms with Crippen LogP contribution in [0.1, 0.15) is 77.4 Å². The molecule has 28 heavy (non-hydrogen) atoms. The fourth-order valence-corrected chi connectivity index (χ4v) is 3.13. The molecule has 3 atom stereocenters. The molecule has 2 rings (SSSR count). The molecule has 0 amide bonds. The zero-order valence-corrected chi connectivity index (χ0v) is 17.6. The molecule has 1 aliphatic rings. The molecule has 160 valence electrons. The van der Waals surface area contributed by atoms with Crippen LogP contribution in [-0.2, 0) is 14.2 Å². The molecule has 0 N–H and O–H groups in total. The smallest absolute Gasteiger partial charge is 0.221 e. The molecule has 1 aliphatic heterocycles. The minimum absolute atomic E-state index is 0.0851. The van der Waals surface area contributed by atoms with E-state index in [1.807, 2.05) is 0 Å². The highest BCUT2D eigenvalue weighted by atomic mass is 19.1. The number of unbranched alkanes of at least 4 members (excludes halogenated alkanes) is 3. The summed E-state index contributed by atoms with van der Waals surface area (Å²) in [6, 6.07) is 3.44. The summed E-state index contributed by atoms with van der Waals surface area (Å²) in [5.41, 5.74) is 0.461. The number of rotatable bonds is 14. The van der Waals surface area contributed by atoms with Gasteiger partial charge in [0.05, 0.1) is 25.4 Å². The van der Waals surface area contributed by atoms with Gasteiger partial charge >= 0.3 is 0 Å². The maximum absolute atomic E-state index is 14.6. The third-order valence-corrected chi connectivity index (χ3v) is 4.90. The second-order valence-corrected chi connectivity index (χ2v) is 7.32. The second-order valence-electron chi connectivity index (χ2n) is 7.32. The second kappa shape index (κ2) is 13.1. The Kier molecular flexibility index (Phi) is 10.8. The van der Waals surface area contributed by atoms with Crippen molar-refractivity contribution in [1.29, 1.82) is 0 Å². The van der Waals surface area contributed by atoms with Crippen molar-refractivity contribution in [2.24, 2.45) is 0 Å². The summed E-state index contributed by atoms with van der Waals surface area (Å²) in [5.74, 6) is -0.207. The van der Waals surface area contributed by atoms with Gasteiger partial charge in [0.1, 0.15) is 6.10 Å². The van der Waals surface area contributed by atoms with E-state index >= 15 is 0 Å². The van der Waals surface area contributed by atoms with Crippen LogP contribution in [0.25, 0.3) is 0 Å². The maximum Gasteiger partial charge on any atom is 0.221 e. The summed E-state index contributed by atoms with van der Waals surface area (Å²) in [5, 5.41) is 0. The number of pyridine rings is 1. The van der Waals surface area contributed by atoms with Crippen LogP contribution < -0.4 is 4.74 Å². The number of nitrogens with zero attached hydrogens (tertiary/aromatic N) is 1. The summed E-state index contributed by atoms with van der Waals surface area (Å²) in [6.45, 7) is 8.77. The summed E-state index contributed by atoms with van der Waals surface area (Å²) in [4.78, 5) is 3.96. The number of hydrogen-bond acceptors (Lipinski definition) is 5. The monoisotopic (exact) mass is 397 g/mol. The Labute approximate surface area is 168 Å². The Bertz CT molecular complexity index is 557. The van der Waals surface area contributed by atoms with Crippen molar-refractivity contribution >= 4 is 0 Å². The molecule has 6 heteroatoms. The number of ether oxygens (including phenoxy) is 4. The zero-order valence-electron chi connectivity index (χ0n) is 17.6. The van der Waals surface area contributed by atoms with Crippen molar-refractivity contribution in [2.75, 3.05) is 26.4 Å². The van der Waals surface area contributed by atoms with Gasteiger partial charge in [-0.25, -0.2) is 0 Å². The normalized spacial score (nSPS) is 21.9. The lowest BCUT2D eigenvalue weighted by Crippen LogP contribution is -2.29. The van der Waals surface area contributed by atoms with Crippen molar-refractivity contribution in [3.8, 4) is 5.88 Å². The van der Waals surface area contributed by atoms with Gasteiger partial charge in [-0.05, 0) is 25.3 Å². The first kappa shape index (κ1) is 23.0. The lowest BCUT2D eigenvalue weighted by molar-refractivity contribution is -0.0655. The molecular formula is C22H36FNO4. The standard InChI is InChI=1S/C22H36FNO4/c1-4-7-12-25-16-20-19(26-13-8-5-2)15-18(28-20)17-10-11-21(24-22(17)23)27-14-9-6-3/h10-11,18-20H,4-9,12-16H2,1-3H3/t18-,19-,20-/m1/s1. The van der Waals surface area contributed by atoms with Crippen LogP contribution in [-0.4, -0.2) is 43.6 Å². The van der Waals surface area contributed by atoms with E-state index in [2.05, 4.69) is 25.8 Å². The molecule has 0 saturated carbocycles. The average Bonchev–Trinajstić information content (AvgIpc) is 3.08. The first-order valence-corrected chi connectivity index (χ1v) is 10.8. The third kappa shape index (κ3) is 7.30. The van der Waals surface area contributed by atoms with Crippen molar-refractivity contribution in [3.63, 3.8) is 0 Å². The molecule has 0 unspecified atom stereocenters. The Morgan fingerprint density at radius 1 is 1.04 bits per heavy atom. The van der Waals surface area contributed by atoms with Gasteiger partial charge in [-0.1, -0.05) is 40.0 Å². The summed E-state index contributed by atoms with van der Waals surface area (Å²) in [6.07, 6.45) is 6.12.